The van der Waals surface area contributed by atoms with Crippen molar-refractivity contribution in [1.82, 2.24) is 14.5 Å². The molecule has 4 heteroatoms. The number of nitrogens with two attached hydrogens (primary N) is 1. The monoisotopic (exact) mass is 216 g/mol. The molecule has 0 aliphatic heterocycles. The summed E-state index contributed by atoms with van der Waals surface area (Å²) in [6.07, 6.45) is 7.28. The fourth-order valence-corrected chi connectivity index (χ4v) is 1.77. The van der Waals surface area contributed by atoms with E-state index in [0.29, 0.717) is 0 Å². The number of aromatic nitrogens is 3. The molecule has 2 aromatic rings. The summed E-state index contributed by atoms with van der Waals surface area (Å²) < 4.78 is 2.08. The minimum Gasteiger partial charge on any atom is -0.326 e. The normalized spacial score (nSPS) is 14.7. The molecule has 2 atom stereocenters. The Kier molecular flexibility index (Phi) is 3.01. The Morgan fingerprint density at radius 2 is 2.06 bits per heavy atom. The maximum absolute atomic E-state index is 5.90. The second-order valence-corrected chi connectivity index (χ2v) is 3.98. The van der Waals surface area contributed by atoms with Crippen LogP contribution in [-0.4, -0.2) is 14.5 Å². The molecular formula is C12H16N4. The topological polar surface area (TPSA) is 56.7 Å². The van der Waals surface area contributed by atoms with E-state index >= 15 is 0 Å². The summed E-state index contributed by atoms with van der Waals surface area (Å²) in [7, 11) is 0. The highest BCUT2D eigenvalue weighted by Crippen LogP contribution is 2.21. The van der Waals surface area contributed by atoms with Gasteiger partial charge in [0, 0.05) is 24.6 Å². The van der Waals surface area contributed by atoms with Gasteiger partial charge in [0.2, 0.25) is 0 Å². The molecule has 0 saturated heterocycles. The zero-order chi connectivity index (χ0) is 11.5. The number of nitrogens with zero attached hydrogens (tertiary/aromatic N) is 3. The Morgan fingerprint density at radius 1 is 1.25 bits per heavy atom. The van der Waals surface area contributed by atoms with Crippen LogP contribution in [0.5, 0.6) is 0 Å². The zero-order valence-electron chi connectivity index (χ0n) is 9.54. The van der Waals surface area contributed by atoms with E-state index in [2.05, 4.69) is 27.5 Å². The molecule has 2 aromatic heterocycles. The molecule has 0 bridgehead atoms. The molecule has 0 aromatic carbocycles. The molecular weight excluding hydrogens is 200 g/mol. The number of imidazole rings is 1. The van der Waals surface area contributed by atoms with Crippen molar-refractivity contribution in [2.75, 3.05) is 0 Å². The third kappa shape index (κ3) is 1.97. The van der Waals surface area contributed by atoms with Crippen molar-refractivity contribution in [2.45, 2.75) is 25.9 Å². The van der Waals surface area contributed by atoms with Crippen molar-refractivity contribution in [2.24, 2.45) is 5.73 Å². The van der Waals surface area contributed by atoms with Crippen LogP contribution in [0.3, 0.4) is 0 Å². The van der Waals surface area contributed by atoms with Crippen LogP contribution in [0.15, 0.2) is 37.1 Å². The van der Waals surface area contributed by atoms with E-state index in [4.69, 9.17) is 5.73 Å². The van der Waals surface area contributed by atoms with Crippen LogP contribution in [0, 0.1) is 0 Å². The van der Waals surface area contributed by atoms with E-state index in [0.717, 1.165) is 11.3 Å². The van der Waals surface area contributed by atoms with Crippen LogP contribution in [0.25, 0.3) is 0 Å². The van der Waals surface area contributed by atoms with E-state index in [9.17, 15) is 0 Å². The summed E-state index contributed by atoms with van der Waals surface area (Å²) in [5.74, 6) is 0. The van der Waals surface area contributed by atoms with Crippen molar-refractivity contribution in [3.63, 3.8) is 0 Å². The lowest BCUT2D eigenvalue weighted by molar-refractivity contribution is 0.580. The van der Waals surface area contributed by atoms with Gasteiger partial charge in [-0.3, -0.25) is 4.98 Å². The average Bonchev–Trinajstić information content (AvgIpc) is 2.78. The molecule has 0 aliphatic rings. The standard InChI is InChI=1S/C12H16N4/c1-9(13)12-7-15-8-16(12)10(2)11-4-3-5-14-6-11/h3-10H,13H2,1-2H3. The number of hydrogen-bond donors (Lipinski definition) is 1. The van der Waals surface area contributed by atoms with Gasteiger partial charge in [-0.15, -0.1) is 0 Å². The molecule has 2 N–H and O–H groups in total. The van der Waals surface area contributed by atoms with Crippen LogP contribution in [0.4, 0.5) is 0 Å². The Morgan fingerprint density at radius 3 is 2.69 bits per heavy atom. The average molecular weight is 216 g/mol. The summed E-state index contributed by atoms with van der Waals surface area (Å²) in [4.78, 5) is 8.28. The number of pyridine rings is 1. The first-order chi connectivity index (χ1) is 7.70. The lowest BCUT2D eigenvalue weighted by Crippen LogP contribution is -2.15. The maximum atomic E-state index is 5.90. The Hall–Kier alpha value is -1.68. The van der Waals surface area contributed by atoms with Crippen molar-refractivity contribution in [3.05, 3.63) is 48.3 Å². The van der Waals surface area contributed by atoms with Crippen LogP contribution < -0.4 is 5.73 Å². The van der Waals surface area contributed by atoms with Crippen LogP contribution >= 0.6 is 0 Å². The molecule has 2 unspecified atom stereocenters. The summed E-state index contributed by atoms with van der Waals surface area (Å²) in [6.45, 7) is 4.08. The molecule has 0 aliphatic carbocycles. The molecule has 0 radical (unpaired) electrons. The first-order valence-corrected chi connectivity index (χ1v) is 5.37. The third-order valence-electron chi connectivity index (χ3n) is 2.75. The van der Waals surface area contributed by atoms with Gasteiger partial charge in [-0.05, 0) is 25.5 Å². The van der Waals surface area contributed by atoms with E-state index in [-0.39, 0.29) is 12.1 Å². The molecule has 0 saturated carbocycles. The van der Waals surface area contributed by atoms with Crippen LogP contribution in [0.2, 0.25) is 0 Å². The minimum atomic E-state index is -0.0124. The Bertz CT molecular complexity index is 447. The number of rotatable bonds is 3. The molecule has 4 nitrogen and oxygen atoms in total. The van der Waals surface area contributed by atoms with Gasteiger partial charge in [0.1, 0.15) is 0 Å². The largest absolute Gasteiger partial charge is 0.326 e. The number of hydrogen-bond acceptors (Lipinski definition) is 3. The van der Waals surface area contributed by atoms with E-state index < -0.39 is 0 Å². The Labute approximate surface area is 95.1 Å². The summed E-state index contributed by atoms with van der Waals surface area (Å²) >= 11 is 0. The second-order valence-electron chi connectivity index (χ2n) is 3.98. The van der Waals surface area contributed by atoms with Crippen molar-refractivity contribution in [1.29, 1.82) is 0 Å². The quantitative estimate of drug-likeness (QED) is 0.852. The van der Waals surface area contributed by atoms with Crippen LogP contribution in [-0.2, 0) is 0 Å². The van der Waals surface area contributed by atoms with Gasteiger partial charge in [0.05, 0.1) is 18.1 Å². The van der Waals surface area contributed by atoms with Gasteiger partial charge >= 0.3 is 0 Å². The first-order valence-electron chi connectivity index (χ1n) is 5.37. The highest BCUT2D eigenvalue weighted by atomic mass is 15.1. The molecule has 2 heterocycles. The van der Waals surface area contributed by atoms with Crippen molar-refractivity contribution < 1.29 is 0 Å². The van der Waals surface area contributed by atoms with E-state index in [1.165, 1.54) is 0 Å². The van der Waals surface area contributed by atoms with Gasteiger partial charge in [0.15, 0.2) is 0 Å². The summed E-state index contributed by atoms with van der Waals surface area (Å²) in [6, 6.07) is 4.19. The third-order valence-corrected chi connectivity index (χ3v) is 2.75. The van der Waals surface area contributed by atoms with E-state index in [1.807, 2.05) is 31.7 Å². The molecule has 0 spiro atoms. The summed E-state index contributed by atoms with van der Waals surface area (Å²) in [5, 5.41) is 0. The van der Waals surface area contributed by atoms with E-state index in [1.54, 1.807) is 6.20 Å². The predicted molar refractivity (Wildman–Crippen MR) is 62.9 cm³/mol. The molecule has 0 amide bonds. The van der Waals surface area contributed by atoms with Gasteiger partial charge in [0.25, 0.3) is 0 Å². The SMILES string of the molecule is CC(N)c1cncn1C(C)c1cccnc1. The fraction of sp³-hybridized carbons (Fsp3) is 0.333. The molecule has 84 valence electrons. The lowest BCUT2D eigenvalue weighted by atomic mass is 10.1. The first kappa shape index (κ1) is 10.8. The predicted octanol–water partition coefficient (Wildman–Crippen LogP) is 1.91. The van der Waals surface area contributed by atoms with Crippen molar-refractivity contribution in [3.8, 4) is 0 Å². The second kappa shape index (κ2) is 4.45. The van der Waals surface area contributed by atoms with Gasteiger partial charge in [-0.1, -0.05) is 6.07 Å². The summed E-state index contributed by atoms with van der Waals surface area (Å²) in [5.41, 5.74) is 8.09. The minimum absolute atomic E-state index is 0.0124. The van der Waals surface area contributed by atoms with Gasteiger partial charge in [-0.25, -0.2) is 4.98 Å². The smallest absolute Gasteiger partial charge is 0.0954 e. The van der Waals surface area contributed by atoms with Crippen LogP contribution in [0.1, 0.15) is 37.2 Å². The lowest BCUT2D eigenvalue weighted by Gasteiger charge is -2.18. The van der Waals surface area contributed by atoms with Gasteiger partial charge < -0.3 is 10.3 Å². The fourth-order valence-electron chi connectivity index (χ4n) is 1.77. The highest BCUT2D eigenvalue weighted by molar-refractivity contribution is 5.17. The maximum Gasteiger partial charge on any atom is 0.0954 e. The zero-order valence-corrected chi connectivity index (χ0v) is 9.54. The molecule has 0 fully saturated rings. The molecule has 2 rings (SSSR count). The highest BCUT2D eigenvalue weighted by Gasteiger charge is 2.13. The molecule has 16 heavy (non-hydrogen) atoms. The van der Waals surface area contributed by atoms with Crippen molar-refractivity contribution >= 4 is 0 Å². The Balaban J connectivity index is 2.34. The van der Waals surface area contributed by atoms with Gasteiger partial charge in [-0.2, -0.15) is 0 Å².